The van der Waals surface area contributed by atoms with Crippen molar-refractivity contribution >= 4 is 17.2 Å². The predicted molar refractivity (Wildman–Crippen MR) is 98.0 cm³/mol. The lowest BCUT2D eigenvalue weighted by atomic mass is 10.2. The lowest BCUT2D eigenvalue weighted by Gasteiger charge is -2.22. The number of carbonyl (C=O) groups is 1. The molecule has 7 nitrogen and oxygen atoms in total. The Morgan fingerprint density at radius 1 is 1.31 bits per heavy atom. The molecule has 0 radical (unpaired) electrons. The van der Waals surface area contributed by atoms with Crippen molar-refractivity contribution in [2.75, 3.05) is 6.54 Å². The summed E-state index contributed by atoms with van der Waals surface area (Å²) in [7, 11) is 0. The number of aromatic nitrogens is 4. The number of hydrogen-bond donors (Lipinski definition) is 0. The normalized spacial score (nSPS) is 17.3. The van der Waals surface area contributed by atoms with Crippen molar-refractivity contribution in [1.82, 2.24) is 24.9 Å². The Labute approximate surface area is 168 Å². The third kappa shape index (κ3) is 3.91. The molecule has 1 fully saturated rings. The van der Waals surface area contributed by atoms with E-state index in [4.69, 9.17) is 4.42 Å². The molecule has 1 amide bonds. The summed E-state index contributed by atoms with van der Waals surface area (Å²) in [6, 6.07) is 4.40. The maximum absolute atomic E-state index is 12.8. The first-order valence-electron chi connectivity index (χ1n) is 9.03. The van der Waals surface area contributed by atoms with E-state index in [0.29, 0.717) is 24.7 Å². The smallest absolute Gasteiger partial charge is 0.418 e. The van der Waals surface area contributed by atoms with E-state index in [1.165, 1.54) is 18.3 Å². The summed E-state index contributed by atoms with van der Waals surface area (Å²) >= 11 is 1.53. The zero-order chi connectivity index (χ0) is 20.8. The summed E-state index contributed by atoms with van der Waals surface area (Å²) in [4.78, 5) is 16.3. The van der Waals surface area contributed by atoms with Gasteiger partial charge in [0, 0.05) is 17.1 Å². The lowest BCUT2D eigenvalue weighted by molar-refractivity contribution is -0.142. The predicted octanol–water partition coefficient (Wildman–Crippen LogP) is 3.99. The maximum Gasteiger partial charge on any atom is 0.435 e. The molecule has 1 aliphatic rings. The van der Waals surface area contributed by atoms with Crippen molar-refractivity contribution in [1.29, 1.82) is 0 Å². The first-order valence-corrected chi connectivity index (χ1v) is 9.85. The van der Waals surface area contributed by atoms with Gasteiger partial charge in [0.2, 0.25) is 11.8 Å². The van der Waals surface area contributed by atoms with Crippen LogP contribution in [0.5, 0.6) is 0 Å². The number of rotatable bonds is 4. The van der Waals surface area contributed by atoms with Gasteiger partial charge in [-0.05, 0) is 44.9 Å². The number of nitrogens with zero attached hydrogens (tertiary/aromatic N) is 5. The molecule has 0 spiro atoms. The lowest BCUT2D eigenvalue weighted by Crippen LogP contribution is -2.34. The highest BCUT2D eigenvalue weighted by Gasteiger charge is 2.36. The molecule has 3 aromatic rings. The zero-order valence-corrected chi connectivity index (χ0v) is 16.5. The van der Waals surface area contributed by atoms with Crippen LogP contribution < -0.4 is 0 Å². The van der Waals surface area contributed by atoms with Gasteiger partial charge in [0.1, 0.15) is 12.6 Å². The highest BCUT2D eigenvalue weighted by Crippen LogP contribution is 2.34. The number of alkyl halides is 3. The molecule has 4 rings (SSSR count). The first-order chi connectivity index (χ1) is 13.7. The fourth-order valence-corrected chi connectivity index (χ4v) is 4.16. The van der Waals surface area contributed by atoms with Gasteiger partial charge >= 0.3 is 6.18 Å². The zero-order valence-electron chi connectivity index (χ0n) is 15.7. The van der Waals surface area contributed by atoms with E-state index in [9.17, 15) is 18.0 Å². The van der Waals surface area contributed by atoms with Crippen molar-refractivity contribution in [3.8, 4) is 10.8 Å². The molecule has 0 saturated carbocycles. The molecule has 0 aromatic carbocycles. The number of carbonyl (C=O) groups excluding carboxylic acids is 1. The Kier molecular flexibility index (Phi) is 4.93. The summed E-state index contributed by atoms with van der Waals surface area (Å²) in [6.45, 7) is 3.67. The third-order valence-corrected chi connectivity index (χ3v) is 5.80. The van der Waals surface area contributed by atoms with Crippen LogP contribution in [-0.2, 0) is 17.5 Å². The van der Waals surface area contributed by atoms with Gasteiger partial charge in [-0.1, -0.05) is 0 Å². The van der Waals surface area contributed by atoms with Crippen molar-refractivity contribution in [3.05, 3.63) is 40.4 Å². The summed E-state index contributed by atoms with van der Waals surface area (Å²) in [5.41, 5.74) is -0.733. The summed E-state index contributed by atoms with van der Waals surface area (Å²) in [5, 5.41) is 11.7. The number of aryl methyl sites for hydroxylation is 2. The Bertz CT molecular complexity index is 1040. The van der Waals surface area contributed by atoms with Gasteiger partial charge in [-0.25, -0.2) is 0 Å². The molecule has 0 unspecified atom stereocenters. The first kappa shape index (κ1) is 19.6. The van der Waals surface area contributed by atoms with Crippen LogP contribution in [-0.4, -0.2) is 37.3 Å². The molecule has 1 atom stereocenters. The quantitative estimate of drug-likeness (QED) is 0.632. The Morgan fingerprint density at radius 2 is 2.10 bits per heavy atom. The van der Waals surface area contributed by atoms with Gasteiger partial charge in [0.05, 0.1) is 4.88 Å². The van der Waals surface area contributed by atoms with Gasteiger partial charge in [-0.15, -0.1) is 21.5 Å². The Morgan fingerprint density at radius 3 is 2.76 bits per heavy atom. The minimum Gasteiger partial charge on any atom is -0.418 e. The van der Waals surface area contributed by atoms with E-state index < -0.39 is 11.9 Å². The molecule has 154 valence electrons. The number of likely N-dealkylation sites (tertiary alicyclic amines) is 1. The highest BCUT2D eigenvalue weighted by molar-refractivity contribution is 7.15. The Balaban J connectivity index is 1.51. The fraction of sp³-hybridized carbons (Fsp3) is 0.444. The average Bonchev–Trinajstić information content (AvgIpc) is 3.39. The second-order valence-electron chi connectivity index (χ2n) is 6.93. The standard InChI is InChI=1S/C18H18F3N5O2S/c1-10-8-14(18(19,20)21)24-26(10)9-15(27)25-7-3-4-12(25)16-22-23-17(28-16)13-6-5-11(2)29-13/h5-6,8,12H,3-4,7,9H2,1-2H3/t12-/m0/s1. The molecule has 29 heavy (non-hydrogen) atoms. The molecule has 0 bridgehead atoms. The van der Waals surface area contributed by atoms with E-state index in [-0.39, 0.29) is 24.2 Å². The van der Waals surface area contributed by atoms with E-state index in [0.717, 1.165) is 26.9 Å². The molecule has 0 aliphatic carbocycles. The van der Waals surface area contributed by atoms with Crippen molar-refractivity contribution in [2.24, 2.45) is 0 Å². The van der Waals surface area contributed by atoms with Gasteiger partial charge in [0.15, 0.2) is 5.69 Å². The van der Waals surface area contributed by atoms with Crippen LogP contribution in [0.3, 0.4) is 0 Å². The van der Waals surface area contributed by atoms with Crippen LogP contribution in [0.15, 0.2) is 22.6 Å². The van der Waals surface area contributed by atoms with Gasteiger partial charge in [0.25, 0.3) is 5.89 Å². The summed E-state index contributed by atoms with van der Waals surface area (Å²) in [6.07, 6.45) is -3.14. The fourth-order valence-electron chi connectivity index (χ4n) is 3.37. The topological polar surface area (TPSA) is 77.1 Å². The van der Waals surface area contributed by atoms with Gasteiger partial charge < -0.3 is 9.32 Å². The second kappa shape index (κ2) is 7.29. The van der Waals surface area contributed by atoms with Crippen LogP contribution in [0.25, 0.3) is 10.8 Å². The van der Waals surface area contributed by atoms with E-state index in [2.05, 4.69) is 15.3 Å². The highest BCUT2D eigenvalue weighted by atomic mass is 32.1. The molecular formula is C18H18F3N5O2S. The second-order valence-corrected chi connectivity index (χ2v) is 8.22. The third-order valence-electron chi connectivity index (χ3n) is 4.81. The minimum atomic E-state index is -4.55. The monoisotopic (exact) mass is 425 g/mol. The molecule has 11 heteroatoms. The van der Waals surface area contributed by atoms with Gasteiger partial charge in [-0.2, -0.15) is 18.3 Å². The van der Waals surface area contributed by atoms with Crippen molar-refractivity contribution in [2.45, 2.75) is 45.5 Å². The minimum absolute atomic E-state index is 0.273. The number of thiophene rings is 1. The SMILES string of the molecule is Cc1ccc(-c2nnc([C@@H]3CCCN3C(=O)Cn3nc(C(F)(F)F)cc3C)o2)s1. The number of halogens is 3. The van der Waals surface area contributed by atoms with Gasteiger partial charge in [-0.3, -0.25) is 9.48 Å². The largest absolute Gasteiger partial charge is 0.435 e. The van der Waals surface area contributed by atoms with Crippen molar-refractivity contribution in [3.63, 3.8) is 0 Å². The van der Waals surface area contributed by atoms with Crippen LogP contribution >= 0.6 is 11.3 Å². The van der Waals surface area contributed by atoms with Crippen LogP contribution in [0.4, 0.5) is 13.2 Å². The Hall–Kier alpha value is -2.69. The summed E-state index contributed by atoms with van der Waals surface area (Å²) in [5.74, 6) is 0.402. The molecule has 0 N–H and O–H groups in total. The summed E-state index contributed by atoms with van der Waals surface area (Å²) < 4.78 is 45.4. The maximum atomic E-state index is 12.8. The molecule has 1 saturated heterocycles. The molecule has 4 heterocycles. The van der Waals surface area contributed by atoms with Crippen LogP contribution in [0.1, 0.15) is 41.0 Å². The van der Waals surface area contributed by atoms with E-state index in [1.54, 1.807) is 4.90 Å². The van der Waals surface area contributed by atoms with Crippen molar-refractivity contribution < 1.29 is 22.4 Å². The van der Waals surface area contributed by atoms with E-state index >= 15 is 0 Å². The van der Waals surface area contributed by atoms with Crippen LogP contribution in [0.2, 0.25) is 0 Å². The number of amides is 1. The molecule has 1 aliphatic heterocycles. The molecule has 3 aromatic heterocycles. The van der Waals surface area contributed by atoms with E-state index in [1.807, 2.05) is 19.1 Å². The van der Waals surface area contributed by atoms with Crippen LogP contribution in [0, 0.1) is 13.8 Å². The number of hydrogen-bond acceptors (Lipinski definition) is 6. The molecular weight excluding hydrogens is 407 g/mol. The average molecular weight is 425 g/mol.